The van der Waals surface area contributed by atoms with Crippen molar-refractivity contribution < 1.29 is 14.4 Å². The molecule has 7 heteroatoms. The summed E-state index contributed by atoms with van der Waals surface area (Å²) in [6.07, 6.45) is 3.10. The Morgan fingerprint density at radius 3 is 2.65 bits per heavy atom. The maximum atomic E-state index is 12.2. The van der Waals surface area contributed by atoms with Crippen molar-refractivity contribution >= 4 is 17.7 Å². The maximum absolute atomic E-state index is 12.2. The van der Waals surface area contributed by atoms with Crippen LogP contribution in [-0.4, -0.2) is 34.2 Å². The molecule has 1 atom stereocenters. The number of aryl methyl sites for hydroxylation is 1. The molecule has 1 aromatic carbocycles. The predicted molar refractivity (Wildman–Crippen MR) is 94.5 cm³/mol. The number of hydrogen-bond donors (Lipinski definition) is 2. The van der Waals surface area contributed by atoms with Crippen molar-refractivity contribution in [2.24, 2.45) is 5.92 Å². The number of likely N-dealkylation sites (tertiary alicyclic amines) is 1. The third-order valence-corrected chi connectivity index (χ3v) is 4.30. The first kappa shape index (κ1) is 17.6. The third-order valence-electron chi connectivity index (χ3n) is 4.30. The van der Waals surface area contributed by atoms with Crippen LogP contribution in [-0.2, 0) is 16.1 Å². The van der Waals surface area contributed by atoms with Crippen LogP contribution in [0.2, 0.25) is 0 Å². The van der Waals surface area contributed by atoms with E-state index in [2.05, 4.69) is 15.8 Å². The van der Waals surface area contributed by atoms with Crippen LogP contribution in [0.15, 0.2) is 48.8 Å². The molecule has 0 radical (unpaired) electrons. The van der Waals surface area contributed by atoms with Crippen LogP contribution >= 0.6 is 0 Å². The van der Waals surface area contributed by atoms with Gasteiger partial charge in [-0.25, -0.2) is 0 Å². The smallest absolute Gasteiger partial charge is 0.271 e. The molecule has 0 aliphatic carbocycles. The zero-order valence-electron chi connectivity index (χ0n) is 14.4. The first-order chi connectivity index (χ1) is 12.5. The van der Waals surface area contributed by atoms with Crippen molar-refractivity contribution in [3.63, 3.8) is 0 Å². The Kier molecular flexibility index (Phi) is 5.26. The number of rotatable bonds is 4. The summed E-state index contributed by atoms with van der Waals surface area (Å²) in [5, 5.41) is 0. The van der Waals surface area contributed by atoms with Crippen molar-refractivity contribution in [1.82, 2.24) is 20.7 Å². The van der Waals surface area contributed by atoms with Crippen LogP contribution in [0.3, 0.4) is 0 Å². The summed E-state index contributed by atoms with van der Waals surface area (Å²) in [6, 6.07) is 11.2. The quantitative estimate of drug-likeness (QED) is 0.809. The van der Waals surface area contributed by atoms with Gasteiger partial charge < -0.3 is 4.90 Å². The van der Waals surface area contributed by atoms with E-state index in [1.807, 2.05) is 31.2 Å². The van der Waals surface area contributed by atoms with Gasteiger partial charge in [0.05, 0.1) is 11.5 Å². The van der Waals surface area contributed by atoms with E-state index in [0.29, 0.717) is 18.7 Å². The van der Waals surface area contributed by atoms with Crippen molar-refractivity contribution in [3.8, 4) is 0 Å². The lowest BCUT2D eigenvalue weighted by molar-refractivity contribution is -0.129. The van der Waals surface area contributed by atoms with Crippen LogP contribution in [0.1, 0.15) is 27.9 Å². The SMILES string of the molecule is Cc1ccc(CN2CC(C(=O)NNC(=O)c3cccnc3)CC2=O)cc1. The predicted octanol–water partition coefficient (Wildman–Crippen LogP) is 1.20. The van der Waals surface area contributed by atoms with Crippen LogP contribution in [0, 0.1) is 12.8 Å². The molecule has 0 bridgehead atoms. The summed E-state index contributed by atoms with van der Waals surface area (Å²) in [6.45, 7) is 2.82. The number of carbonyl (C=O) groups is 3. The first-order valence-electron chi connectivity index (χ1n) is 8.36. The van der Waals surface area contributed by atoms with E-state index in [1.165, 1.54) is 6.20 Å². The molecule has 1 fully saturated rings. The number of hydrazine groups is 1. The van der Waals surface area contributed by atoms with E-state index in [9.17, 15) is 14.4 Å². The second-order valence-corrected chi connectivity index (χ2v) is 6.35. The van der Waals surface area contributed by atoms with E-state index in [0.717, 1.165) is 11.1 Å². The molecule has 0 spiro atoms. The Labute approximate surface area is 151 Å². The van der Waals surface area contributed by atoms with E-state index in [-0.39, 0.29) is 18.2 Å². The van der Waals surface area contributed by atoms with Crippen molar-refractivity contribution in [2.75, 3.05) is 6.54 Å². The normalized spacial score (nSPS) is 16.4. The second kappa shape index (κ2) is 7.77. The van der Waals surface area contributed by atoms with Gasteiger partial charge in [0.1, 0.15) is 0 Å². The third kappa shape index (κ3) is 4.24. The lowest BCUT2D eigenvalue weighted by atomic mass is 10.1. The summed E-state index contributed by atoms with van der Waals surface area (Å²) in [4.78, 5) is 41.9. The Hall–Kier alpha value is -3.22. The summed E-state index contributed by atoms with van der Waals surface area (Å²) < 4.78 is 0. The van der Waals surface area contributed by atoms with Crippen LogP contribution < -0.4 is 10.9 Å². The minimum Gasteiger partial charge on any atom is -0.338 e. The fourth-order valence-electron chi connectivity index (χ4n) is 2.80. The van der Waals surface area contributed by atoms with Gasteiger partial charge in [-0.2, -0.15) is 0 Å². The highest BCUT2D eigenvalue weighted by Gasteiger charge is 2.34. The van der Waals surface area contributed by atoms with Gasteiger partial charge in [-0.1, -0.05) is 29.8 Å². The average molecular weight is 352 g/mol. The molecule has 1 unspecified atom stereocenters. The molecule has 1 saturated heterocycles. The van der Waals surface area contributed by atoms with Gasteiger partial charge >= 0.3 is 0 Å². The van der Waals surface area contributed by atoms with E-state index in [4.69, 9.17) is 0 Å². The number of carbonyl (C=O) groups excluding carboxylic acids is 3. The van der Waals surface area contributed by atoms with Gasteiger partial charge in [-0.05, 0) is 24.6 Å². The molecule has 0 saturated carbocycles. The molecule has 26 heavy (non-hydrogen) atoms. The number of hydrogen-bond acceptors (Lipinski definition) is 4. The van der Waals surface area contributed by atoms with E-state index >= 15 is 0 Å². The van der Waals surface area contributed by atoms with E-state index in [1.54, 1.807) is 23.2 Å². The zero-order valence-corrected chi connectivity index (χ0v) is 14.4. The second-order valence-electron chi connectivity index (χ2n) is 6.35. The number of nitrogens with zero attached hydrogens (tertiary/aromatic N) is 2. The highest BCUT2D eigenvalue weighted by atomic mass is 16.2. The van der Waals surface area contributed by atoms with Crippen molar-refractivity contribution in [2.45, 2.75) is 19.9 Å². The molecule has 1 aromatic heterocycles. The molecule has 3 rings (SSSR count). The molecule has 2 heterocycles. The summed E-state index contributed by atoms with van der Waals surface area (Å²) in [7, 11) is 0. The Morgan fingerprint density at radius 2 is 1.96 bits per heavy atom. The van der Waals surface area contributed by atoms with Crippen molar-refractivity contribution in [3.05, 3.63) is 65.5 Å². The molecule has 7 nitrogen and oxygen atoms in total. The molecular formula is C19H20N4O3. The van der Waals surface area contributed by atoms with Gasteiger partial charge in [0.15, 0.2) is 0 Å². The Bertz CT molecular complexity index is 805. The highest BCUT2D eigenvalue weighted by Crippen LogP contribution is 2.20. The Balaban J connectivity index is 1.52. The minimum absolute atomic E-state index is 0.0655. The van der Waals surface area contributed by atoms with Gasteiger partial charge in [-0.15, -0.1) is 0 Å². The van der Waals surface area contributed by atoms with Crippen LogP contribution in [0.5, 0.6) is 0 Å². The summed E-state index contributed by atoms with van der Waals surface area (Å²) in [5.41, 5.74) is 7.27. The van der Waals surface area contributed by atoms with Crippen LogP contribution in [0.25, 0.3) is 0 Å². The summed E-state index contributed by atoms with van der Waals surface area (Å²) >= 11 is 0. The fraction of sp³-hybridized carbons (Fsp3) is 0.263. The number of nitrogens with one attached hydrogen (secondary N) is 2. The first-order valence-corrected chi connectivity index (χ1v) is 8.36. The lowest BCUT2D eigenvalue weighted by Crippen LogP contribution is -2.45. The van der Waals surface area contributed by atoms with Gasteiger partial charge in [0, 0.05) is 31.9 Å². The maximum Gasteiger partial charge on any atom is 0.271 e. The standard InChI is InChI=1S/C19H20N4O3/c1-13-4-6-14(7-5-13)11-23-12-16(9-17(23)24)19(26)22-21-18(25)15-3-2-8-20-10-15/h2-8,10,16H,9,11-12H2,1H3,(H,21,25)(H,22,26). The number of aromatic nitrogens is 1. The highest BCUT2D eigenvalue weighted by molar-refractivity contribution is 5.96. The number of benzene rings is 1. The molecular weight excluding hydrogens is 332 g/mol. The molecule has 2 N–H and O–H groups in total. The lowest BCUT2D eigenvalue weighted by Gasteiger charge is -2.17. The minimum atomic E-state index is -0.484. The molecule has 1 aliphatic rings. The van der Waals surface area contributed by atoms with E-state index < -0.39 is 11.8 Å². The molecule has 3 amide bonds. The number of amides is 3. The molecule has 134 valence electrons. The summed E-state index contributed by atoms with van der Waals surface area (Å²) in [5.74, 6) is -1.37. The zero-order chi connectivity index (χ0) is 18.5. The Morgan fingerprint density at radius 1 is 1.19 bits per heavy atom. The average Bonchev–Trinajstić information content (AvgIpc) is 3.02. The van der Waals surface area contributed by atoms with Gasteiger partial charge in [0.2, 0.25) is 11.8 Å². The molecule has 2 aromatic rings. The van der Waals surface area contributed by atoms with Crippen LogP contribution in [0.4, 0.5) is 0 Å². The van der Waals surface area contributed by atoms with Crippen molar-refractivity contribution in [1.29, 1.82) is 0 Å². The monoisotopic (exact) mass is 352 g/mol. The largest absolute Gasteiger partial charge is 0.338 e. The van der Waals surface area contributed by atoms with Gasteiger partial charge in [-0.3, -0.25) is 30.2 Å². The molecule has 1 aliphatic heterocycles. The topological polar surface area (TPSA) is 91.4 Å². The van der Waals surface area contributed by atoms with Gasteiger partial charge in [0.25, 0.3) is 5.91 Å². The number of pyridine rings is 1. The fourth-order valence-corrected chi connectivity index (χ4v) is 2.80.